The average Bonchev–Trinajstić information content (AvgIpc) is 2.55. The van der Waals surface area contributed by atoms with Gasteiger partial charge in [-0.05, 0) is 31.4 Å². The van der Waals surface area contributed by atoms with Crippen LogP contribution >= 0.6 is 0 Å². The Bertz CT molecular complexity index is 594. The molecule has 1 unspecified atom stereocenters. The molecule has 25 heavy (non-hydrogen) atoms. The number of likely N-dealkylation sites (tertiary alicyclic amines) is 1. The van der Waals surface area contributed by atoms with Crippen molar-refractivity contribution in [2.75, 3.05) is 26.2 Å². The smallest absolute Gasteiger partial charge is 0.414 e. The van der Waals surface area contributed by atoms with Crippen LogP contribution in [0.2, 0.25) is 0 Å². The van der Waals surface area contributed by atoms with Gasteiger partial charge in [-0.15, -0.1) is 0 Å². The quantitative estimate of drug-likeness (QED) is 0.465. The number of benzene rings is 1. The summed E-state index contributed by atoms with van der Waals surface area (Å²) in [6.45, 7) is 5.79. The Labute approximate surface area is 145 Å². The highest BCUT2D eigenvalue weighted by molar-refractivity contribution is 6.27. The Morgan fingerprint density at radius 1 is 1.32 bits per heavy atom. The molecular formula is C16H22N2O7. The number of hydrogen-bond donors (Lipinski definition) is 2. The molecule has 1 aliphatic heterocycles. The first-order valence-corrected chi connectivity index (χ1v) is 7.86. The van der Waals surface area contributed by atoms with Crippen molar-refractivity contribution in [2.45, 2.75) is 19.8 Å². The number of carbonyl (C=O) groups is 2. The number of rotatable bonds is 5. The highest BCUT2D eigenvalue weighted by Crippen LogP contribution is 2.25. The molecular weight excluding hydrogens is 332 g/mol. The van der Waals surface area contributed by atoms with Crippen molar-refractivity contribution in [1.29, 1.82) is 0 Å². The fourth-order valence-corrected chi connectivity index (χ4v) is 2.50. The topological polar surface area (TPSA) is 130 Å². The lowest BCUT2D eigenvalue weighted by Gasteiger charge is -2.30. The number of carboxylic acids is 2. The van der Waals surface area contributed by atoms with Gasteiger partial charge in [0.05, 0.1) is 4.92 Å². The van der Waals surface area contributed by atoms with Gasteiger partial charge in [-0.3, -0.25) is 15.0 Å². The van der Waals surface area contributed by atoms with Gasteiger partial charge in [0.25, 0.3) is 0 Å². The summed E-state index contributed by atoms with van der Waals surface area (Å²) in [5, 5.41) is 25.6. The van der Waals surface area contributed by atoms with Crippen molar-refractivity contribution in [3.8, 4) is 5.75 Å². The molecule has 0 radical (unpaired) electrons. The van der Waals surface area contributed by atoms with E-state index >= 15 is 0 Å². The highest BCUT2D eigenvalue weighted by Gasteiger charge is 2.17. The van der Waals surface area contributed by atoms with Crippen LogP contribution in [0.4, 0.5) is 5.69 Å². The lowest BCUT2D eigenvalue weighted by molar-refractivity contribution is -0.385. The number of nitro groups is 1. The van der Waals surface area contributed by atoms with Crippen LogP contribution in [0.5, 0.6) is 5.75 Å². The van der Waals surface area contributed by atoms with Gasteiger partial charge in [0.1, 0.15) is 6.61 Å². The second-order valence-electron chi connectivity index (χ2n) is 5.73. The summed E-state index contributed by atoms with van der Waals surface area (Å²) in [7, 11) is 0. The van der Waals surface area contributed by atoms with Gasteiger partial charge in [-0.1, -0.05) is 19.1 Å². The van der Waals surface area contributed by atoms with Gasteiger partial charge in [-0.25, -0.2) is 9.59 Å². The summed E-state index contributed by atoms with van der Waals surface area (Å²) in [6, 6.07) is 6.53. The van der Waals surface area contributed by atoms with Crippen LogP contribution in [0.1, 0.15) is 19.8 Å². The number of aliphatic carboxylic acids is 2. The first kappa shape index (κ1) is 20.4. The zero-order chi connectivity index (χ0) is 18.8. The molecule has 0 saturated carbocycles. The van der Waals surface area contributed by atoms with E-state index in [1.165, 1.54) is 18.9 Å². The summed E-state index contributed by atoms with van der Waals surface area (Å²) in [5.41, 5.74) is 0.0366. The summed E-state index contributed by atoms with van der Waals surface area (Å²) >= 11 is 0. The fourth-order valence-electron chi connectivity index (χ4n) is 2.50. The molecule has 1 heterocycles. The summed E-state index contributed by atoms with van der Waals surface area (Å²) in [4.78, 5) is 31.0. The van der Waals surface area contributed by atoms with E-state index in [-0.39, 0.29) is 5.69 Å². The van der Waals surface area contributed by atoms with Gasteiger partial charge >= 0.3 is 17.6 Å². The normalized spacial score (nSPS) is 17.1. The maximum Gasteiger partial charge on any atom is 0.414 e. The number of ether oxygens (including phenoxy) is 1. The number of piperidine rings is 1. The molecule has 2 rings (SSSR count). The van der Waals surface area contributed by atoms with Crippen molar-refractivity contribution in [2.24, 2.45) is 5.92 Å². The second kappa shape index (κ2) is 10.2. The Kier molecular flexibility index (Phi) is 8.34. The van der Waals surface area contributed by atoms with Crippen LogP contribution in [0, 0.1) is 16.0 Å². The Morgan fingerprint density at radius 2 is 1.96 bits per heavy atom. The predicted molar refractivity (Wildman–Crippen MR) is 88.7 cm³/mol. The van der Waals surface area contributed by atoms with Crippen molar-refractivity contribution >= 4 is 17.6 Å². The molecule has 1 aromatic rings. The van der Waals surface area contributed by atoms with Crippen molar-refractivity contribution in [3.63, 3.8) is 0 Å². The van der Waals surface area contributed by atoms with Crippen LogP contribution in [0.3, 0.4) is 0 Å². The van der Waals surface area contributed by atoms with E-state index in [0.29, 0.717) is 12.4 Å². The molecule has 9 heteroatoms. The van der Waals surface area contributed by atoms with E-state index in [1.807, 2.05) is 0 Å². The standard InChI is InChI=1S/C14H20N2O3.C2H2O4/c1-12-5-4-8-15(11-12)9-10-19-14-7-3-2-6-13(14)16(17)18;3-1(4)2(5)6/h2-3,6-7,12H,4-5,8-11H2,1H3;(H,3,4)(H,5,6). The van der Waals surface area contributed by atoms with Crippen molar-refractivity contribution in [3.05, 3.63) is 34.4 Å². The SMILES string of the molecule is CC1CCCN(CCOc2ccccc2[N+](=O)[O-])C1.O=C(O)C(=O)O. The molecule has 138 valence electrons. The summed E-state index contributed by atoms with van der Waals surface area (Å²) in [5.74, 6) is -2.55. The van der Waals surface area contributed by atoms with Gasteiger partial charge in [-0.2, -0.15) is 0 Å². The molecule has 0 aromatic heterocycles. The van der Waals surface area contributed by atoms with Gasteiger partial charge in [0.2, 0.25) is 0 Å². The molecule has 9 nitrogen and oxygen atoms in total. The lowest BCUT2D eigenvalue weighted by atomic mass is 10.0. The lowest BCUT2D eigenvalue weighted by Crippen LogP contribution is -2.37. The molecule has 0 aliphatic carbocycles. The first-order chi connectivity index (χ1) is 11.8. The molecule has 0 bridgehead atoms. The number of nitrogens with zero attached hydrogens (tertiary/aromatic N) is 2. The van der Waals surface area contributed by atoms with Crippen LogP contribution in [-0.4, -0.2) is 58.2 Å². The van der Waals surface area contributed by atoms with E-state index in [1.54, 1.807) is 18.2 Å². The zero-order valence-corrected chi connectivity index (χ0v) is 14.0. The minimum absolute atomic E-state index is 0.0366. The number of carboxylic acid groups (broad SMARTS) is 2. The molecule has 1 saturated heterocycles. The van der Waals surface area contributed by atoms with Crippen LogP contribution in [0.15, 0.2) is 24.3 Å². The van der Waals surface area contributed by atoms with Crippen molar-refractivity contribution < 1.29 is 29.5 Å². The first-order valence-electron chi connectivity index (χ1n) is 7.86. The summed E-state index contributed by atoms with van der Waals surface area (Å²) < 4.78 is 5.55. The van der Waals surface area contributed by atoms with E-state index in [9.17, 15) is 10.1 Å². The number of nitro benzene ring substituents is 1. The second-order valence-corrected chi connectivity index (χ2v) is 5.73. The van der Waals surface area contributed by atoms with E-state index < -0.39 is 16.9 Å². The largest absolute Gasteiger partial charge is 0.485 e. The molecule has 0 spiro atoms. The highest BCUT2D eigenvalue weighted by atomic mass is 16.6. The van der Waals surface area contributed by atoms with E-state index in [2.05, 4.69) is 11.8 Å². The molecule has 1 atom stereocenters. The maximum absolute atomic E-state index is 10.8. The third-order valence-corrected chi connectivity index (χ3v) is 3.65. The molecule has 1 aliphatic rings. The van der Waals surface area contributed by atoms with Crippen LogP contribution in [-0.2, 0) is 9.59 Å². The fraction of sp³-hybridized carbons (Fsp3) is 0.500. The van der Waals surface area contributed by atoms with Gasteiger partial charge in [0, 0.05) is 19.2 Å². The van der Waals surface area contributed by atoms with E-state index in [4.69, 9.17) is 24.5 Å². The minimum atomic E-state index is -1.82. The Morgan fingerprint density at radius 3 is 2.52 bits per heavy atom. The van der Waals surface area contributed by atoms with Crippen LogP contribution < -0.4 is 4.74 Å². The van der Waals surface area contributed by atoms with Gasteiger partial charge in [0.15, 0.2) is 5.75 Å². The third kappa shape index (κ3) is 7.62. The third-order valence-electron chi connectivity index (χ3n) is 3.65. The Balaban J connectivity index is 0.000000450. The minimum Gasteiger partial charge on any atom is -0.485 e. The number of hydrogen-bond acceptors (Lipinski definition) is 6. The molecule has 1 aromatic carbocycles. The zero-order valence-electron chi connectivity index (χ0n) is 14.0. The van der Waals surface area contributed by atoms with E-state index in [0.717, 1.165) is 25.6 Å². The molecule has 2 N–H and O–H groups in total. The average molecular weight is 354 g/mol. The predicted octanol–water partition coefficient (Wildman–Crippen LogP) is 1.86. The molecule has 0 amide bonds. The van der Waals surface area contributed by atoms with Crippen molar-refractivity contribution in [1.82, 2.24) is 4.90 Å². The maximum atomic E-state index is 10.8. The Hall–Kier alpha value is -2.68. The monoisotopic (exact) mass is 354 g/mol. The van der Waals surface area contributed by atoms with Gasteiger partial charge < -0.3 is 14.9 Å². The molecule has 1 fully saturated rings. The number of para-hydroxylation sites is 2. The van der Waals surface area contributed by atoms with Crippen LogP contribution in [0.25, 0.3) is 0 Å². The summed E-state index contributed by atoms with van der Waals surface area (Å²) in [6.07, 6.45) is 2.52.